The van der Waals surface area contributed by atoms with Crippen LogP contribution in [0, 0.1) is 0 Å². The molecule has 13 aromatic rings. The van der Waals surface area contributed by atoms with Crippen molar-refractivity contribution in [2.45, 2.75) is 0 Å². The molecule has 0 radical (unpaired) electrons. The summed E-state index contributed by atoms with van der Waals surface area (Å²) in [7, 11) is 0. The molecule has 0 saturated heterocycles. The van der Waals surface area contributed by atoms with Crippen molar-refractivity contribution < 1.29 is 4.42 Å². The Hall–Kier alpha value is -9.24. The molecule has 0 saturated carbocycles. The van der Waals surface area contributed by atoms with E-state index in [0.717, 1.165) is 55.7 Å². The molecule has 2 heteroatoms. The molecule has 0 N–H and O–H groups in total. The molecule has 2 nitrogen and oxygen atoms in total. The standard InChI is InChI=1S/C68H45NO/c1-4-15-46(16-5-1)47-27-29-48(30-28-47)49-31-38-55(39-32-49)69(57-42-35-51(36-43-57)58-24-14-25-63-61-22-12-13-26-65(61)70-68(58)63)56-40-33-50(34-41-56)54-37-44-60-59-21-10-11-23-62(59)66(52-17-6-2-7-18-52)67(64(60)45-54)53-19-8-3-9-20-53/h1-45H. The lowest BCUT2D eigenvalue weighted by molar-refractivity contribution is 0.670. The summed E-state index contributed by atoms with van der Waals surface area (Å²) in [5.41, 5.74) is 19.2. The molecule has 0 aliphatic carbocycles. The molecule has 0 spiro atoms. The van der Waals surface area contributed by atoms with Crippen molar-refractivity contribution >= 4 is 60.5 Å². The van der Waals surface area contributed by atoms with Gasteiger partial charge in [0.1, 0.15) is 11.2 Å². The van der Waals surface area contributed by atoms with E-state index in [0.29, 0.717) is 0 Å². The van der Waals surface area contributed by atoms with Gasteiger partial charge in [-0.05, 0) is 131 Å². The largest absolute Gasteiger partial charge is 0.455 e. The maximum absolute atomic E-state index is 6.47. The summed E-state index contributed by atoms with van der Waals surface area (Å²) in [6, 6.07) is 98.5. The third-order valence-corrected chi connectivity index (χ3v) is 13.9. The first-order valence-corrected chi connectivity index (χ1v) is 24.0. The molecule has 0 fully saturated rings. The first kappa shape index (κ1) is 41.0. The summed E-state index contributed by atoms with van der Waals surface area (Å²) in [4.78, 5) is 2.35. The fourth-order valence-electron chi connectivity index (χ4n) is 10.5. The fourth-order valence-corrected chi connectivity index (χ4v) is 10.5. The molecule has 1 heterocycles. The third-order valence-electron chi connectivity index (χ3n) is 13.9. The Labute approximate surface area is 407 Å². The molecule has 0 aliphatic heterocycles. The molecule has 70 heavy (non-hydrogen) atoms. The van der Waals surface area contributed by atoms with Crippen LogP contribution in [0.2, 0.25) is 0 Å². The summed E-state index contributed by atoms with van der Waals surface area (Å²) in [5.74, 6) is 0. The van der Waals surface area contributed by atoms with Crippen molar-refractivity contribution in [2.24, 2.45) is 0 Å². The minimum atomic E-state index is 0.900. The highest BCUT2D eigenvalue weighted by Gasteiger charge is 2.20. The normalized spacial score (nSPS) is 11.4. The van der Waals surface area contributed by atoms with E-state index in [4.69, 9.17) is 4.42 Å². The van der Waals surface area contributed by atoms with Crippen molar-refractivity contribution in [3.05, 3.63) is 273 Å². The molecule has 13 rings (SSSR count). The highest BCUT2D eigenvalue weighted by molar-refractivity contribution is 6.22. The molecule has 12 aromatic carbocycles. The van der Waals surface area contributed by atoms with E-state index in [1.807, 2.05) is 12.1 Å². The summed E-state index contributed by atoms with van der Waals surface area (Å²) in [5, 5.41) is 7.25. The average molecular weight is 892 g/mol. The lowest BCUT2D eigenvalue weighted by Crippen LogP contribution is -2.09. The third kappa shape index (κ3) is 7.31. The molecule has 0 bridgehead atoms. The average Bonchev–Trinajstić information content (AvgIpc) is 3.83. The predicted octanol–water partition coefficient (Wildman–Crippen LogP) is 19.4. The van der Waals surface area contributed by atoms with Gasteiger partial charge in [-0.15, -0.1) is 0 Å². The van der Waals surface area contributed by atoms with Crippen LogP contribution in [-0.2, 0) is 0 Å². The van der Waals surface area contributed by atoms with Crippen LogP contribution in [0.5, 0.6) is 0 Å². The van der Waals surface area contributed by atoms with Gasteiger partial charge in [-0.2, -0.15) is 0 Å². The van der Waals surface area contributed by atoms with Gasteiger partial charge >= 0.3 is 0 Å². The number of hydrogen-bond acceptors (Lipinski definition) is 2. The van der Waals surface area contributed by atoms with Gasteiger partial charge in [0.2, 0.25) is 0 Å². The van der Waals surface area contributed by atoms with E-state index in [9.17, 15) is 0 Å². The van der Waals surface area contributed by atoms with Crippen LogP contribution in [0.25, 0.3) is 110 Å². The monoisotopic (exact) mass is 891 g/mol. The highest BCUT2D eigenvalue weighted by Crippen LogP contribution is 2.46. The second kappa shape index (κ2) is 17.4. The Balaban J connectivity index is 0.904. The van der Waals surface area contributed by atoms with Crippen LogP contribution in [0.15, 0.2) is 277 Å². The van der Waals surface area contributed by atoms with Crippen molar-refractivity contribution in [3.63, 3.8) is 0 Å². The van der Waals surface area contributed by atoms with Crippen LogP contribution < -0.4 is 4.90 Å². The van der Waals surface area contributed by atoms with Gasteiger partial charge in [0.15, 0.2) is 0 Å². The van der Waals surface area contributed by atoms with Crippen molar-refractivity contribution in [2.75, 3.05) is 4.90 Å². The lowest BCUT2D eigenvalue weighted by atomic mass is 9.84. The van der Waals surface area contributed by atoms with Crippen LogP contribution in [0.3, 0.4) is 0 Å². The highest BCUT2D eigenvalue weighted by atomic mass is 16.3. The summed E-state index contributed by atoms with van der Waals surface area (Å²) in [6.45, 7) is 0. The maximum Gasteiger partial charge on any atom is 0.143 e. The van der Waals surface area contributed by atoms with E-state index in [1.165, 1.54) is 71.6 Å². The Bertz CT molecular complexity index is 3990. The zero-order valence-electron chi connectivity index (χ0n) is 38.3. The van der Waals surface area contributed by atoms with Crippen molar-refractivity contribution in [3.8, 4) is 66.8 Å². The predicted molar refractivity (Wildman–Crippen MR) is 296 cm³/mol. The number of anilines is 3. The maximum atomic E-state index is 6.47. The Morgan fingerprint density at radius 3 is 1.19 bits per heavy atom. The fraction of sp³-hybridized carbons (Fsp3) is 0. The first-order chi connectivity index (χ1) is 34.7. The van der Waals surface area contributed by atoms with E-state index in [1.54, 1.807) is 0 Å². The second-order valence-electron chi connectivity index (χ2n) is 18.0. The zero-order valence-corrected chi connectivity index (χ0v) is 38.3. The van der Waals surface area contributed by atoms with Crippen LogP contribution in [0.1, 0.15) is 0 Å². The number of nitrogens with zero attached hydrogens (tertiary/aromatic N) is 1. The molecule has 0 amide bonds. The number of hydrogen-bond donors (Lipinski definition) is 0. The van der Waals surface area contributed by atoms with Crippen LogP contribution in [0.4, 0.5) is 17.1 Å². The topological polar surface area (TPSA) is 16.4 Å². The van der Waals surface area contributed by atoms with Gasteiger partial charge in [0.05, 0.1) is 0 Å². The molecule has 0 atom stereocenters. The Kier molecular flexibility index (Phi) is 10.2. The molecule has 0 aliphatic rings. The molecule has 1 aromatic heterocycles. The molecule has 328 valence electrons. The van der Waals surface area contributed by atoms with Crippen LogP contribution in [-0.4, -0.2) is 0 Å². The van der Waals surface area contributed by atoms with E-state index in [2.05, 4.69) is 266 Å². The van der Waals surface area contributed by atoms with E-state index >= 15 is 0 Å². The summed E-state index contributed by atoms with van der Waals surface area (Å²) in [6.07, 6.45) is 0. The SMILES string of the molecule is c1ccc(-c2ccc(-c3ccc(N(c4ccc(-c5ccc6c(c5)c(-c5ccccc5)c(-c5ccccc5)c5ccccc56)cc4)c4ccc(-c5cccc6c5oc5ccccc56)cc4)cc3)cc2)cc1. The second-order valence-corrected chi connectivity index (χ2v) is 18.0. The Morgan fingerprint density at radius 2 is 0.614 bits per heavy atom. The smallest absolute Gasteiger partial charge is 0.143 e. The van der Waals surface area contributed by atoms with Gasteiger partial charge in [-0.3, -0.25) is 0 Å². The van der Waals surface area contributed by atoms with E-state index in [-0.39, 0.29) is 0 Å². The molecule has 0 unspecified atom stereocenters. The number of para-hydroxylation sites is 2. The number of furan rings is 1. The zero-order chi connectivity index (χ0) is 46.4. The number of fused-ring (bicyclic) bond motifs is 6. The minimum absolute atomic E-state index is 0.900. The van der Waals surface area contributed by atoms with Gasteiger partial charge in [0, 0.05) is 33.4 Å². The number of rotatable bonds is 9. The summed E-state index contributed by atoms with van der Waals surface area (Å²) >= 11 is 0. The van der Waals surface area contributed by atoms with Gasteiger partial charge in [-0.25, -0.2) is 0 Å². The van der Waals surface area contributed by atoms with Crippen LogP contribution >= 0.6 is 0 Å². The Morgan fingerprint density at radius 1 is 0.229 bits per heavy atom. The molecular weight excluding hydrogens is 847 g/mol. The van der Waals surface area contributed by atoms with Crippen molar-refractivity contribution in [1.29, 1.82) is 0 Å². The first-order valence-electron chi connectivity index (χ1n) is 24.0. The molecular formula is C68H45NO. The van der Waals surface area contributed by atoms with E-state index < -0.39 is 0 Å². The van der Waals surface area contributed by atoms with Gasteiger partial charge in [-0.1, -0.05) is 224 Å². The number of benzene rings is 12. The van der Waals surface area contributed by atoms with Gasteiger partial charge in [0.25, 0.3) is 0 Å². The quantitative estimate of drug-likeness (QED) is 0.134. The minimum Gasteiger partial charge on any atom is -0.455 e. The summed E-state index contributed by atoms with van der Waals surface area (Å²) < 4.78 is 6.47. The lowest BCUT2D eigenvalue weighted by Gasteiger charge is -2.26. The van der Waals surface area contributed by atoms with Crippen molar-refractivity contribution in [1.82, 2.24) is 0 Å². The van der Waals surface area contributed by atoms with Gasteiger partial charge < -0.3 is 9.32 Å².